The number of methoxy groups -OCH3 is 1. The van der Waals surface area contributed by atoms with E-state index >= 15 is 0 Å². The molecule has 0 aromatic heterocycles. The molecule has 1 aliphatic rings. The Labute approximate surface area is 95.8 Å². The molecule has 0 saturated heterocycles. The zero-order valence-electron chi connectivity index (χ0n) is 7.84. The molecule has 1 rings (SSSR count). The van der Waals surface area contributed by atoms with E-state index in [2.05, 4.69) is 17.9 Å². The predicted molar refractivity (Wildman–Crippen MR) is 49.6 cm³/mol. The van der Waals surface area contributed by atoms with Crippen molar-refractivity contribution >= 4 is 16.8 Å². The first-order valence-corrected chi connectivity index (χ1v) is 5.13. The van der Waals surface area contributed by atoms with Gasteiger partial charge < -0.3 is 28.7 Å². The summed E-state index contributed by atoms with van der Waals surface area (Å²) < 4.78 is 7.47. The van der Waals surface area contributed by atoms with Gasteiger partial charge in [0.1, 0.15) is 13.7 Å². The van der Waals surface area contributed by atoms with E-state index in [-0.39, 0.29) is 24.0 Å². The third-order valence-corrected chi connectivity index (χ3v) is 3.19. The van der Waals surface area contributed by atoms with E-state index in [4.69, 9.17) is 4.74 Å². The van der Waals surface area contributed by atoms with Crippen LogP contribution in [0.4, 0.5) is 0 Å². The number of nitrogens with zero attached hydrogens (tertiary/aromatic N) is 1. The Bertz CT molecular complexity index is 172. The number of rotatable bonds is 2. The van der Waals surface area contributed by atoms with E-state index < -0.39 is 0 Å². The Morgan fingerprint density at radius 3 is 2.75 bits per heavy atom. The summed E-state index contributed by atoms with van der Waals surface area (Å²) in [6.07, 6.45) is 4.62. The molecule has 0 radical (unpaired) electrons. The SMILES string of the molecule is COC[C@@H]1CCC(SC)=[N+]1C.[I-]. The van der Waals surface area contributed by atoms with Crippen LogP contribution in [0.1, 0.15) is 12.8 Å². The molecule has 1 aliphatic heterocycles. The molecule has 0 bridgehead atoms. The van der Waals surface area contributed by atoms with Crippen LogP contribution in [0.2, 0.25) is 0 Å². The smallest absolute Gasteiger partial charge is 0.210 e. The van der Waals surface area contributed by atoms with E-state index in [1.807, 2.05) is 11.8 Å². The number of thioether (sulfide) groups is 1. The van der Waals surface area contributed by atoms with Gasteiger partial charge in [-0.15, -0.1) is 0 Å². The van der Waals surface area contributed by atoms with E-state index in [1.54, 1.807) is 7.11 Å². The summed E-state index contributed by atoms with van der Waals surface area (Å²) in [4.78, 5) is 0. The second kappa shape index (κ2) is 6.21. The Morgan fingerprint density at radius 2 is 2.33 bits per heavy atom. The maximum Gasteiger partial charge on any atom is 0.210 e. The van der Waals surface area contributed by atoms with Crippen molar-refractivity contribution in [2.24, 2.45) is 0 Å². The first-order chi connectivity index (χ1) is 5.29. The van der Waals surface area contributed by atoms with Crippen molar-refractivity contribution in [3.8, 4) is 0 Å². The van der Waals surface area contributed by atoms with E-state index in [0.29, 0.717) is 6.04 Å². The van der Waals surface area contributed by atoms with Gasteiger partial charge in [-0.05, 0) is 6.26 Å². The lowest BCUT2D eigenvalue weighted by Crippen LogP contribution is -3.00. The van der Waals surface area contributed by atoms with Crippen molar-refractivity contribution in [3.05, 3.63) is 0 Å². The summed E-state index contributed by atoms with van der Waals surface area (Å²) in [5, 5.41) is 1.49. The Morgan fingerprint density at radius 1 is 1.67 bits per heavy atom. The van der Waals surface area contributed by atoms with E-state index in [0.717, 1.165) is 6.61 Å². The maximum atomic E-state index is 5.12. The third kappa shape index (κ3) is 2.88. The number of halogens is 1. The van der Waals surface area contributed by atoms with Gasteiger partial charge in [-0.25, -0.2) is 4.58 Å². The summed E-state index contributed by atoms with van der Waals surface area (Å²) in [5.74, 6) is 0. The molecular weight excluding hydrogens is 285 g/mol. The highest BCUT2D eigenvalue weighted by atomic mass is 127. The fourth-order valence-electron chi connectivity index (χ4n) is 1.50. The Hall–Kier alpha value is 0.710. The van der Waals surface area contributed by atoms with Crippen molar-refractivity contribution in [2.45, 2.75) is 18.9 Å². The van der Waals surface area contributed by atoms with Crippen molar-refractivity contribution in [1.82, 2.24) is 0 Å². The zero-order chi connectivity index (χ0) is 8.27. The van der Waals surface area contributed by atoms with Crippen LogP contribution in [0, 0.1) is 0 Å². The van der Waals surface area contributed by atoms with Gasteiger partial charge in [0.25, 0.3) is 0 Å². The van der Waals surface area contributed by atoms with E-state index in [1.165, 1.54) is 17.9 Å². The van der Waals surface area contributed by atoms with Crippen LogP contribution in [0.15, 0.2) is 0 Å². The molecule has 1 heterocycles. The fourth-order valence-corrected chi connectivity index (χ4v) is 2.26. The van der Waals surface area contributed by atoms with Gasteiger partial charge in [-0.2, -0.15) is 0 Å². The van der Waals surface area contributed by atoms with Crippen LogP contribution >= 0.6 is 11.8 Å². The molecule has 1 atom stereocenters. The molecule has 0 amide bonds. The monoisotopic (exact) mass is 301 g/mol. The molecule has 0 N–H and O–H groups in total. The van der Waals surface area contributed by atoms with Gasteiger partial charge >= 0.3 is 0 Å². The molecule has 72 valence electrons. The van der Waals surface area contributed by atoms with Crippen LogP contribution in [-0.4, -0.2) is 42.7 Å². The molecule has 0 aromatic rings. The summed E-state index contributed by atoms with van der Waals surface area (Å²) in [6.45, 7) is 0.862. The Kier molecular flexibility index (Phi) is 6.57. The molecule has 0 aliphatic carbocycles. The molecule has 4 heteroatoms. The third-order valence-electron chi connectivity index (χ3n) is 2.23. The molecule has 0 unspecified atom stereocenters. The molecule has 12 heavy (non-hydrogen) atoms. The lowest BCUT2D eigenvalue weighted by Gasteiger charge is -2.04. The van der Waals surface area contributed by atoms with Crippen molar-refractivity contribution < 1.29 is 33.3 Å². The number of hydrogen-bond donors (Lipinski definition) is 0. The minimum Gasteiger partial charge on any atom is -1.00 e. The van der Waals surface area contributed by atoms with Crippen molar-refractivity contribution in [2.75, 3.05) is 27.0 Å². The minimum atomic E-state index is 0. The molecule has 0 aromatic carbocycles. The molecule has 0 saturated carbocycles. The highest BCUT2D eigenvalue weighted by Gasteiger charge is 2.28. The van der Waals surface area contributed by atoms with Crippen molar-refractivity contribution in [1.29, 1.82) is 0 Å². The summed E-state index contributed by atoms with van der Waals surface area (Å²) >= 11 is 1.86. The van der Waals surface area contributed by atoms with Gasteiger partial charge in [0.15, 0.2) is 6.04 Å². The van der Waals surface area contributed by atoms with Gasteiger partial charge in [0, 0.05) is 20.0 Å². The van der Waals surface area contributed by atoms with Crippen LogP contribution in [0.25, 0.3) is 0 Å². The Balaban J connectivity index is 0.00000121. The van der Waals surface area contributed by atoms with Gasteiger partial charge in [0.05, 0.1) is 0 Å². The molecular formula is C8H16INOS. The highest BCUT2D eigenvalue weighted by Crippen LogP contribution is 2.17. The highest BCUT2D eigenvalue weighted by molar-refractivity contribution is 8.13. The predicted octanol–water partition coefficient (Wildman–Crippen LogP) is -1.80. The van der Waals surface area contributed by atoms with Crippen LogP contribution in [0.3, 0.4) is 0 Å². The maximum absolute atomic E-state index is 5.12. The second-order valence-electron chi connectivity index (χ2n) is 2.86. The van der Waals surface area contributed by atoms with Crippen LogP contribution < -0.4 is 24.0 Å². The first-order valence-electron chi connectivity index (χ1n) is 3.91. The number of hydrogen-bond acceptors (Lipinski definition) is 2. The quantitative estimate of drug-likeness (QED) is 0.441. The molecule has 2 nitrogen and oxygen atoms in total. The largest absolute Gasteiger partial charge is 1.00 e. The van der Waals surface area contributed by atoms with Crippen LogP contribution in [0.5, 0.6) is 0 Å². The second-order valence-corrected chi connectivity index (χ2v) is 3.74. The topological polar surface area (TPSA) is 12.2 Å². The zero-order valence-corrected chi connectivity index (χ0v) is 10.8. The average molecular weight is 301 g/mol. The number of likely N-dealkylation sites (N-methyl/N-ethyl adjacent to an activating group) is 1. The van der Waals surface area contributed by atoms with Gasteiger partial charge in [0.2, 0.25) is 5.04 Å². The van der Waals surface area contributed by atoms with Gasteiger partial charge in [-0.3, -0.25) is 0 Å². The minimum absolute atomic E-state index is 0. The summed E-state index contributed by atoms with van der Waals surface area (Å²) in [6, 6.07) is 0.613. The standard InChI is InChI=1S/C8H16NOS.HI/c1-9-7(6-10-2)4-5-8(9)11-3;/h7H,4-6H2,1-3H3;1H/q+1;/p-1/t7-;/m0./s1. The van der Waals surface area contributed by atoms with Crippen molar-refractivity contribution in [3.63, 3.8) is 0 Å². The lowest BCUT2D eigenvalue weighted by molar-refractivity contribution is -0.530. The average Bonchev–Trinajstić information content (AvgIpc) is 2.34. The first kappa shape index (κ1) is 12.7. The summed E-state index contributed by atoms with van der Waals surface area (Å²) in [7, 11) is 3.92. The lowest BCUT2D eigenvalue weighted by atomic mass is 10.2. The fraction of sp³-hybridized carbons (Fsp3) is 0.875. The normalized spacial score (nSPS) is 22.8. The van der Waals surface area contributed by atoms with Gasteiger partial charge in [-0.1, -0.05) is 11.8 Å². The summed E-state index contributed by atoms with van der Waals surface area (Å²) in [5.41, 5.74) is 0. The number of ether oxygens (including phenoxy) is 1. The van der Waals surface area contributed by atoms with Crippen LogP contribution in [-0.2, 0) is 4.74 Å². The molecule has 0 spiro atoms. The van der Waals surface area contributed by atoms with E-state index in [9.17, 15) is 0 Å². The molecule has 0 fully saturated rings.